The average molecular weight is 376 g/mol. The molecule has 0 amide bonds. The fourth-order valence-electron chi connectivity index (χ4n) is 3.80. The molecule has 2 heterocycles. The molecule has 0 aliphatic carbocycles. The summed E-state index contributed by atoms with van der Waals surface area (Å²) in [6.45, 7) is 5.79. The standard InChI is InChI=1S/C20H23FN2O4/c1-25-18-3-2-14(8-16(18)21)11-22-4-6-23(7-5-22)12-15-9-19-20(10-17(15)24)27-13-26-19/h2-3,8-10,24H,4-7,11-13H2,1H3/p+2. The fraction of sp³-hybridized carbons (Fsp3) is 0.400. The highest BCUT2D eigenvalue weighted by molar-refractivity contribution is 5.50. The molecule has 2 aliphatic heterocycles. The van der Waals surface area contributed by atoms with Crippen molar-refractivity contribution in [3.8, 4) is 23.0 Å². The number of ether oxygens (including phenoxy) is 3. The Labute approximate surface area is 157 Å². The Morgan fingerprint density at radius 2 is 1.67 bits per heavy atom. The van der Waals surface area contributed by atoms with Gasteiger partial charge in [0.05, 0.1) is 12.7 Å². The maximum absolute atomic E-state index is 13.9. The van der Waals surface area contributed by atoms with Gasteiger partial charge < -0.3 is 29.1 Å². The lowest BCUT2D eigenvalue weighted by molar-refractivity contribution is -1.02. The Hall–Kier alpha value is -2.51. The van der Waals surface area contributed by atoms with Crippen LogP contribution in [0.1, 0.15) is 11.1 Å². The van der Waals surface area contributed by atoms with E-state index in [-0.39, 0.29) is 24.1 Å². The lowest BCUT2D eigenvalue weighted by atomic mass is 10.1. The average Bonchev–Trinajstić information content (AvgIpc) is 3.11. The first-order valence-electron chi connectivity index (χ1n) is 9.23. The van der Waals surface area contributed by atoms with Crippen molar-refractivity contribution in [2.75, 3.05) is 40.1 Å². The van der Waals surface area contributed by atoms with Crippen LogP contribution in [0.5, 0.6) is 23.0 Å². The summed E-state index contributed by atoms with van der Waals surface area (Å²) in [7, 11) is 1.48. The molecule has 1 fully saturated rings. The maximum atomic E-state index is 13.9. The second-order valence-electron chi connectivity index (χ2n) is 7.16. The first-order chi connectivity index (χ1) is 13.1. The van der Waals surface area contributed by atoms with Crippen molar-refractivity contribution in [3.05, 3.63) is 47.3 Å². The van der Waals surface area contributed by atoms with Crippen LogP contribution in [0.3, 0.4) is 0 Å². The molecule has 0 spiro atoms. The molecule has 2 aromatic rings. The van der Waals surface area contributed by atoms with Crippen LogP contribution in [0, 0.1) is 5.82 Å². The molecule has 6 nitrogen and oxygen atoms in total. The topological polar surface area (TPSA) is 56.8 Å². The molecule has 2 aromatic carbocycles. The van der Waals surface area contributed by atoms with Gasteiger partial charge in [-0.05, 0) is 24.3 Å². The SMILES string of the molecule is COc1ccc(C[NH+]2CC[NH+](Cc3cc4c(cc3O)OCO4)CC2)cc1F. The number of halogens is 1. The summed E-state index contributed by atoms with van der Waals surface area (Å²) in [6.07, 6.45) is 0. The Kier molecular flexibility index (Phi) is 5.05. The van der Waals surface area contributed by atoms with Crippen molar-refractivity contribution >= 4 is 0 Å². The zero-order valence-electron chi connectivity index (χ0n) is 15.4. The molecule has 144 valence electrons. The van der Waals surface area contributed by atoms with E-state index in [1.807, 2.05) is 12.1 Å². The molecule has 0 bridgehead atoms. The van der Waals surface area contributed by atoms with Gasteiger partial charge in [-0.3, -0.25) is 0 Å². The van der Waals surface area contributed by atoms with E-state index in [4.69, 9.17) is 14.2 Å². The van der Waals surface area contributed by atoms with Gasteiger partial charge in [-0.2, -0.15) is 0 Å². The number of phenolic OH excluding ortho intramolecular Hbond substituents is 1. The fourth-order valence-corrected chi connectivity index (χ4v) is 3.80. The van der Waals surface area contributed by atoms with Crippen LogP contribution in [-0.2, 0) is 13.1 Å². The predicted octanol–water partition coefficient (Wildman–Crippen LogP) is -0.248. The smallest absolute Gasteiger partial charge is 0.231 e. The lowest BCUT2D eigenvalue weighted by Crippen LogP contribution is -3.27. The van der Waals surface area contributed by atoms with E-state index in [9.17, 15) is 9.50 Å². The minimum absolute atomic E-state index is 0.207. The number of hydrogen-bond donors (Lipinski definition) is 3. The monoisotopic (exact) mass is 376 g/mol. The molecule has 3 N–H and O–H groups in total. The zero-order valence-corrected chi connectivity index (χ0v) is 15.4. The third-order valence-electron chi connectivity index (χ3n) is 5.35. The Balaban J connectivity index is 1.32. The van der Waals surface area contributed by atoms with Crippen molar-refractivity contribution < 1.29 is 33.5 Å². The molecule has 7 heteroatoms. The van der Waals surface area contributed by atoms with Gasteiger partial charge in [0.2, 0.25) is 6.79 Å². The number of quaternary nitrogens is 2. The number of rotatable bonds is 5. The minimum Gasteiger partial charge on any atom is -0.507 e. The summed E-state index contributed by atoms with van der Waals surface area (Å²) >= 11 is 0. The second kappa shape index (κ2) is 7.62. The number of phenols is 1. The summed E-state index contributed by atoms with van der Waals surface area (Å²) in [6, 6.07) is 8.70. The molecular weight excluding hydrogens is 351 g/mol. The van der Waals surface area contributed by atoms with E-state index >= 15 is 0 Å². The van der Waals surface area contributed by atoms with Crippen LogP contribution >= 0.6 is 0 Å². The number of nitrogens with one attached hydrogen (secondary N) is 2. The largest absolute Gasteiger partial charge is 0.507 e. The van der Waals surface area contributed by atoms with Crippen LogP contribution < -0.4 is 24.0 Å². The van der Waals surface area contributed by atoms with Crippen LogP contribution in [0.25, 0.3) is 0 Å². The van der Waals surface area contributed by atoms with E-state index < -0.39 is 0 Å². The number of piperazine rings is 1. The highest BCUT2D eigenvalue weighted by Crippen LogP contribution is 2.37. The van der Waals surface area contributed by atoms with Crippen LogP contribution in [0.2, 0.25) is 0 Å². The number of aromatic hydroxyl groups is 1. The maximum Gasteiger partial charge on any atom is 0.231 e. The summed E-state index contributed by atoms with van der Waals surface area (Å²) in [5.74, 6) is 1.54. The van der Waals surface area contributed by atoms with Gasteiger partial charge in [0.15, 0.2) is 23.1 Å². The van der Waals surface area contributed by atoms with Crippen LogP contribution in [-0.4, -0.2) is 45.2 Å². The number of methoxy groups -OCH3 is 1. The summed E-state index contributed by atoms with van der Waals surface area (Å²) in [5, 5.41) is 10.2. The van der Waals surface area contributed by atoms with E-state index in [0.717, 1.165) is 50.4 Å². The number of fused-ring (bicyclic) bond motifs is 1. The molecule has 0 unspecified atom stereocenters. The number of benzene rings is 2. The van der Waals surface area contributed by atoms with Crippen LogP contribution in [0.4, 0.5) is 4.39 Å². The van der Waals surface area contributed by atoms with Gasteiger partial charge in [0.25, 0.3) is 0 Å². The first-order valence-corrected chi connectivity index (χ1v) is 9.23. The van der Waals surface area contributed by atoms with Crippen molar-refractivity contribution in [2.45, 2.75) is 13.1 Å². The molecule has 0 radical (unpaired) electrons. The normalized spacial score (nSPS) is 21.3. The molecule has 4 rings (SSSR count). The van der Waals surface area contributed by atoms with Crippen molar-refractivity contribution in [3.63, 3.8) is 0 Å². The lowest BCUT2D eigenvalue weighted by Gasteiger charge is -2.30. The van der Waals surface area contributed by atoms with Crippen molar-refractivity contribution in [1.82, 2.24) is 0 Å². The third kappa shape index (κ3) is 3.94. The summed E-state index contributed by atoms with van der Waals surface area (Å²) < 4.78 is 29.5. The highest BCUT2D eigenvalue weighted by atomic mass is 19.1. The Bertz CT molecular complexity index is 822. The molecule has 0 saturated carbocycles. The van der Waals surface area contributed by atoms with Gasteiger partial charge in [-0.1, -0.05) is 0 Å². The van der Waals surface area contributed by atoms with Gasteiger partial charge >= 0.3 is 0 Å². The first kappa shape index (κ1) is 17.9. The second-order valence-corrected chi connectivity index (χ2v) is 7.16. The quantitative estimate of drug-likeness (QED) is 0.674. The number of hydrogen-bond acceptors (Lipinski definition) is 4. The molecule has 0 aromatic heterocycles. The predicted molar refractivity (Wildman–Crippen MR) is 96.0 cm³/mol. The molecule has 0 atom stereocenters. The van der Waals surface area contributed by atoms with Gasteiger partial charge in [0.1, 0.15) is 45.0 Å². The van der Waals surface area contributed by atoms with E-state index in [2.05, 4.69) is 0 Å². The Morgan fingerprint density at radius 1 is 1.00 bits per heavy atom. The Morgan fingerprint density at radius 3 is 2.33 bits per heavy atom. The minimum atomic E-state index is -0.308. The van der Waals surface area contributed by atoms with Crippen molar-refractivity contribution in [1.29, 1.82) is 0 Å². The zero-order chi connectivity index (χ0) is 18.8. The van der Waals surface area contributed by atoms with E-state index in [0.29, 0.717) is 11.5 Å². The third-order valence-corrected chi connectivity index (χ3v) is 5.35. The molecular formula is C20H25FN2O4+2. The summed E-state index contributed by atoms with van der Waals surface area (Å²) in [4.78, 5) is 2.87. The highest BCUT2D eigenvalue weighted by Gasteiger charge is 2.25. The van der Waals surface area contributed by atoms with Gasteiger partial charge in [-0.25, -0.2) is 4.39 Å². The molecule has 27 heavy (non-hydrogen) atoms. The van der Waals surface area contributed by atoms with Gasteiger partial charge in [0, 0.05) is 11.6 Å². The van der Waals surface area contributed by atoms with Crippen LogP contribution in [0.15, 0.2) is 30.3 Å². The van der Waals surface area contributed by atoms with E-state index in [1.165, 1.54) is 16.9 Å². The van der Waals surface area contributed by atoms with Crippen molar-refractivity contribution in [2.24, 2.45) is 0 Å². The van der Waals surface area contributed by atoms with Gasteiger partial charge in [-0.15, -0.1) is 0 Å². The van der Waals surface area contributed by atoms with E-state index in [1.54, 1.807) is 18.2 Å². The summed E-state index contributed by atoms with van der Waals surface area (Å²) in [5.41, 5.74) is 1.87. The molecule has 1 saturated heterocycles. The molecule has 2 aliphatic rings.